The van der Waals surface area contributed by atoms with Crippen LogP contribution in [0.3, 0.4) is 0 Å². The molecule has 0 bridgehead atoms. The highest BCUT2D eigenvalue weighted by molar-refractivity contribution is 7.89. The molecule has 0 saturated carbocycles. The van der Waals surface area contributed by atoms with Gasteiger partial charge in [-0.25, -0.2) is 8.42 Å². The van der Waals surface area contributed by atoms with Crippen molar-refractivity contribution >= 4 is 21.6 Å². The van der Waals surface area contributed by atoms with Gasteiger partial charge in [0, 0.05) is 45.7 Å². The lowest BCUT2D eigenvalue weighted by Crippen LogP contribution is -2.36. The van der Waals surface area contributed by atoms with Gasteiger partial charge in [0.1, 0.15) is 4.90 Å². The minimum absolute atomic E-state index is 0.257. The second-order valence-electron chi connectivity index (χ2n) is 4.48. The molecule has 0 amide bonds. The Labute approximate surface area is 131 Å². The Kier molecular flexibility index (Phi) is 7.69. The SMILES string of the molecule is CCn1cc(S(=O)(=O)N(CCOC)CCOC)cc1CCl. The number of hydrogen-bond acceptors (Lipinski definition) is 4. The predicted octanol–water partition coefficient (Wildman–Crippen LogP) is 1.53. The van der Waals surface area contributed by atoms with Gasteiger partial charge in [-0.2, -0.15) is 4.31 Å². The summed E-state index contributed by atoms with van der Waals surface area (Å²) < 4.78 is 38.6. The van der Waals surface area contributed by atoms with E-state index < -0.39 is 10.0 Å². The van der Waals surface area contributed by atoms with Gasteiger partial charge in [0.15, 0.2) is 0 Å². The molecule has 0 aliphatic heterocycles. The Bertz CT molecular complexity index is 501. The number of alkyl halides is 1. The van der Waals surface area contributed by atoms with Crippen molar-refractivity contribution in [2.24, 2.45) is 0 Å². The van der Waals surface area contributed by atoms with Crippen molar-refractivity contribution in [3.05, 3.63) is 18.0 Å². The van der Waals surface area contributed by atoms with Gasteiger partial charge in [-0.15, -0.1) is 11.6 Å². The minimum atomic E-state index is -3.57. The Hall–Kier alpha value is -0.600. The average Bonchev–Trinajstić information content (AvgIpc) is 2.91. The lowest BCUT2D eigenvalue weighted by molar-refractivity contribution is 0.150. The van der Waals surface area contributed by atoms with Crippen LogP contribution in [0.2, 0.25) is 0 Å². The first-order chi connectivity index (χ1) is 10.0. The summed E-state index contributed by atoms with van der Waals surface area (Å²) in [7, 11) is -0.490. The zero-order chi connectivity index (χ0) is 15.9. The van der Waals surface area contributed by atoms with Gasteiger partial charge < -0.3 is 14.0 Å². The number of rotatable bonds is 10. The molecule has 0 saturated heterocycles. The van der Waals surface area contributed by atoms with Gasteiger partial charge in [-0.1, -0.05) is 0 Å². The topological polar surface area (TPSA) is 60.8 Å². The van der Waals surface area contributed by atoms with Crippen molar-refractivity contribution in [1.82, 2.24) is 8.87 Å². The second-order valence-corrected chi connectivity index (χ2v) is 6.68. The number of halogens is 1. The van der Waals surface area contributed by atoms with E-state index in [1.165, 1.54) is 4.31 Å². The maximum atomic E-state index is 12.7. The molecule has 0 fully saturated rings. The molecule has 0 atom stereocenters. The van der Waals surface area contributed by atoms with Gasteiger partial charge in [0.2, 0.25) is 10.0 Å². The van der Waals surface area contributed by atoms with Crippen molar-refractivity contribution in [1.29, 1.82) is 0 Å². The molecule has 0 spiro atoms. The fourth-order valence-electron chi connectivity index (χ4n) is 1.96. The maximum Gasteiger partial charge on any atom is 0.244 e. The molecule has 0 aliphatic carbocycles. The molecule has 8 heteroatoms. The zero-order valence-electron chi connectivity index (χ0n) is 12.7. The van der Waals surface area contributed by atoms with Gasteiger partial charge in [-0.05, 0) is 13.0 Å². The van der Waals surface area contributed by atoms with E-state index in [9.17, 15) is 8.42 Å². The average molecular weight is 339 g/mol. The second kappa shape index (κ2) is 8.75. The normalized spacial score (nSPS) is 12.2. The number of aromatic nitrogens is 1. The first kappa shape index (κ1) is 18.4. The molecule has 6 nitrogen and oxygen atoms in total. The Morgan fingerprint density at radius 1 is 1.24 bits per heavy atom. The third-order valence-electron chi connectivity index (χ3n) is 3.17. The molecule has 0 aromatic carbocycles. The van der Waals surface area contributed by atoms with Crippen LogP contribution in [0.5, 0.6) is 0 Å². The molecule has 122 valence electrons. The summed E-state index contributed by atoms with van der Waals surface area (Å²) in [5.41, 5.74) is 0.788. The highest BCUT2D eigenvalue weighted by atomic mass is 35.5. The molecule has 0 radical (unpaired) electrons. The first-order valence-corrected chi connectivity index (χ1v) is 8.71. The van der Waals surface area contributed by atoms with Crippen molar-refractivity contribution in [3.8, 4) is 0 Å². The fraction of sp³-hybridized carbons (Fsp3) is 0.692. The van der Waals surface area contributed by atoms with Crippen molar-refractivity contribution in [2.45, 2.75) is 24.2 Å². The lowest BCUT2D eigenvalue weighted by atomic mass is 10.5. The molecule has 0 aliphatic rings. The number of nitrogens with zero attached hydrogens (tertiary/aromatic N) is 2. The zero-order valence-corrected chi connectivity index (χ0v) is 14.3. The fourth-order valence-corrected chi connectivity index (χ4v) is 3.66. The van der Waals surface area contributed by atoms with Crippen LogP contribution >= 0.6 is 11.6 Å². The van der Waals surface area contributed by atoms with Crippen LogP contribution in [0.1, 0.15) is 12.6 Å². The molecular formula is C13H23ClN2O4S. The van der Waals surface area contributed by atoms with E-state index in [0.29, 0.717) is 19.8 Å². The molecule has 1 aromatic heterocycles. The largest absolute Gasteiger partial charge is 0.383 e. The van der Waals surface area contributed by atoms with Crippen molar-refractivity contribution in [3.63, 3.8) is 0 Å². The summed E-state index contributed by atoms with van der Waals surface area (Å²) in [6, 6.07) is 1.62. The highest BCUT2D eigenvalue weighted by Gasteiger charge is 2.26. The number of hydrogen-bond donors (Lipinski definition) is 0. The summed E-state index contributed by atoms with van der Waals surface area (Å²) >= 11 is 5.85. The van der Waals surface area contributed by atoms with Gasteiger partial charge in [-0.3, -0.25) is 0 Å². The van der Waals surface area contributed by atoms with E-state index in [4.69, 9.17) is 21.1 Å². The molecule has 1 heterocycles. The quantitative estimate of drug-likeness (QED) is 0.607. The lowest BCUT2D eigenvalue weighted by Gasteiger charge is -2.20. The van der Waals surface area contributed by atoms with E-state index in [1.807, 2.05) is 11.5 Å². The molecule has 1 rings (SSSR count). The van der Waals surface area contributed by atoms with Crippen LogP contribution in [-0.4, -0.2) is 57.8 Å². The van der Waals surface area contributed by atoms with Crippen molar-refractivity contribution in [2.75, 3.05) is 40.5 Å². The van der Waals surface area contributed by atoms with Gasteiger partial charge in [0.25, 0.3) is 0 Å². The van der Waals surface area contributed by atoms with E-state index in [1.54, 1.807) is 26.5 Å². The van der Waals surface area contributed by atoms with Crippen LogP contribution in [0, 0.1) is 0 Å². The third kappa shape index (κ3) is 4.69. The summed E-state index contributed by atoms with van der Waals surface area (Å²) in [5.74, 6) is 0.277. The Morgan fingerprint density at radius 2 is 1.81 bits per heavy atom. The van der Waals surface area contributed by atoms with Gasteiger partial charge in [0.05, 0.1) is 19.1 Å². The number of ether oxygens (including phenoxy) is 2. The van der Waals surface area contributed by atoms with Crippen LogP contribution in [0.25, 0.3) is 0 Å². The summed E-state index contributed by atoms with van der Waals surface area (Å²) in [4.78, 5) is 0.257. The third-order valence-corrected chi connectivity index (χ3v) is 5.30. The standard InChI is InChI=1S/C13H23ClN2O4S/c1-4-15-11-13(9-12(15)10-14)21(17,18)16(5-7-19-2)6-8-20-3/h9,11H,4-8,10H2,1-3H3. The van der Waals surface area contributed by atoms with Crippen LogP contribution in [0.15, 0.2) is 17.2 Å². The van der Waals surface area contributed by atoms with E-state index >= 15 is 0 Å². The molecular weight excluding hydrogens is 316 g/mol. The monoisotopic (exact) mass is 338 g/mol. The van der Waals surface area contributed by atoms with Gasteiger partial charge >= 0.3 is 0 Å². The Morgan fingerprint density at radius 3 is 2.19 bits per heavy atom. The molecule has 0 unspecified atom stereocenters. The maximum absolute atomic E-state index is 12.7. The van der Waals surface area contributed by atoms with Crippen molar-refractivity contribution < 1.29 is 17.9 Å². The smallest absolute Gasteiger partial charge is 0.244 e. The summed E-state index contributed by atoms with van der Waals surface area (Å²) in [5, 5.41) is 0. The Balaban J connectivity index is 3.05. The van der Waals surface area contributed by atoms with E-state index in [-0.39, 0.29) is 23.9 Å². The van der Waals surface area contributed by atoms with E-state index in [2.05, 4.69) is 0 Å². The summed E-state index contributed by atoms with van der Waals surface area (Å²) in [6.45, 7) is 3.86. The summed E-state index contributed by atoms with van der Waals surface area (Å²) in [6.07, 6.45) is 1.62. The minimum Gasteiger partial charge on any atom is -0.383 e. The molecule has 0 N–H and O–H groups in total. The predicted molar refractivity (Wildman–Crippen MR) is 82.2 cm³/mol. The van der Waals surface area contributed by atoms with Crippen LogP contribution in [0.4, 0.5) is 0 Å². The molecule has 21 heavy (non-hydrogen) atoms. The number of methoxy groups -OCH3 is 2. The number of sulfonamides is 1. The van der Waals surface area contributed by atoms with E-state index in [0.717, 1.165) is 5.69 Å². The number of aryl methyl sites for hydroxylation is 1. The highest BCUT2D eigenvalue weighted by Crippen LogP contribution is 2.20. The molecule has 1 aromatic rings. The van der Waals surface area contributed by atoms with Crippen LogP contribution < -0.4 is 0 Å². The first-order valence-electron chi connectivity index (χ1n) is 6.74. The van der Waals surface area contributed by atoms with Crippen LogP contribution in [-0.2, 0) is 31.9 Å².